The second kappa shape index (κ2) is 17.5. The Labute approximate surface area is 423 Å². The Hall–Kier alpha value is -8.34. The van der Waals surface area contributed by atoms with Crippen molar-refractivity contribution in [1.29, 1.82) is 0 Å². The Morgan fingerprint density at radius 1 is 0.417 bits per heavy atom. The maximum absolute atomic E-state index is 6.80. The summed E-state index contributed by atoms with van der Waals surface area (Å²) in [6.07, 6.45) is 3.12. The Balaban J connectivity index is 1.19. The van der Waals surface area contributed by atoms with Gasteiger partial charge in [0, 0.05) is 50.7 Å². The quantitative estimate of drug-likeness (QED) is 0.135. The molecule has 1 aromatic heterocycles. The van der Waals surface area contributed by atoms with E-state index in [1.165, 1.54) is 106 Å². The molecule has 3 nitrogen and oxygen atoms in total. The lowest BCUT2D eigenvalue weighted by Crippen LogP contribution is -2.61. The van der Waals surface area contributed by atoms with Crippen molar-refractivity contribution in [3.05, 3.63) is 236 Å². The Bertz CT molecular complexity index is 3780. The highest BCUT2D eigenvalue weighted by Crippen LogP contribution is 2.52. The van der Waals surface area contributed by atoms with E-state index in [4.69, 9.17) is 4.42 Å². The molecule has 2 aliphatic heterocycles. The van der Waals surface area contributed by atoms with Crippen LogP contribution in [0.15, 0.2) is 229 Å². The lowest BCUT2D eigenvalue weighted by atomic mass is 9.33. The number of nitrogens with zero attached hydrogens (tertiary/aromatic N) is 2. The minimum atomic E-state index is -0.192. The van der Waals surface area contributed by atoms with Crippen LogP contribution in [-0.4, -0.2) is 6.71 Å². The highest BCUT2D eigenvalue weighted by molar-refractivity contribution is 7.00. The summed E-state index contributed by atoms with van der Waals surface area (Å²) in [5.74, 6) is 0. The van der Waals surface area contributed by atoms with Crippen LogP contribution in [0.5, 0.6) is 0 Å². The van der Waals surface area contributed by atoms with Gasteiger partial charge in [-0.3, -0.25) is 0 Å². The molecular weight excluding hydrogens is 872 g/mol. The molecule has 0 amide bonds. The third kappa shape index (κ3) is 7.27. The zero-order valence-corrected chi connectivity index (χ0v) is 41.4. The van der Waals surface area contributed by atoms with Crippen LogP contribution in [0.4, 0.5) is 34.1 Å². The fourth-order valence-electron chi connectivity index (χ4n) is 11.6. The van der Waals surface area contributed by atoms with Gasteiger partial charge in [0.05, 0.1) is 11.4 Å². The molecule has 10 aromatic carbocycles. The zero-order valence-electron chi connectivity index (χ0n) is 41.4. The summed E-state index contributed by atoms with van der Waals surface area (Å²) >= 11 is 0. The van der Waals surface area contributed by atoms with Gasteiger partial charge in [-0.05, 0) is 116 Å². The normalized spacial score (nSPS) is 12.8. The van der Waals surface area contributed by atoms with Crippen LogP contribution in [0, 0.1) is 0 Å². The van der Waals surface area contributed by atoms with Crippen LogP contribution in [0.3, 0.4) is 0 Å². The molecule has 0 aliphatic carbocycles. The van der Waals surface area contributed by atoms with E-state index in [0.717, 1.165) is 41.5 Å². The molecule has 11 aromatic rings. The summed E-state index contributed by atoms with van der Waals surface area (Å²) in [7, 11) is 0. The molecule has 13 rings (SSSR count). The van der Waals surface area contributed by atoms with Gasteiger partial charge in [-0.25, -0.2) is 0 Å². The SMILES string of the molecule is CCCCc1cc2c(cc1N1c3ccc(-c4ccccc4)cc3B3c4cc(-c5ccccc5)ccc4N(c4c(-c5ccccc5)cccc4-c4ccccc4)c4cc(C(C)(C)C)cc1c43)oc1ccccc12. The summed E-state index contributed by atoms with van der Waals surface area (Å²) in [5.41, 5.74) is 24.7. The number of hydrogen-bond donors (Lipinski definition) is 0. The molecule has 0 saturated heterocycles. The van der Waals surface area contributed by atoms with Gasteiger partial charge in [0.2, 0.25) is 0 Å². The average molecular weight is 927 g/mol. The highest BCUT2D eigenvalue weighted by atomic mass is 16.3. The molecule has 0 saturated carbocycles. The largest absolute Gasteiger partial charge is 0.456 e. The molecule has 0 N–H and O–H groups in total. The monoisotopic (exact) mass is 926 g/mol. The van der Waals surface area contributed by atoms with Crippen molar-refractivity contribution in [2.75, 3.05) is 9.80 Å². The van der Waals surface area contributed by atoms with Crippen LogP contribution in [0.1, 0.15) is 51.7 Å². The van der Waals surface area contributed by atoms with E-state index in [9.17, 15) is 0 Å². The zero-order chi connectivity index (χ0) is 48.5. The van der Waals surface area contributed by atoms with Crippen LogP contribution >= 0.6 is 0 Å². The summed E-state index contributed by atoms with van der Waals surface area (Å²) in [6.45, 7) is 9.28. The molecule has 0 fully saturated rings. The first-order valence-electron chi connectivity index (χ1n) is 25.7. The van der Waals surface area contributed by atoms with E-state index in [-0.39, 0.29) is 12.1 Å². The molecule has 0 radical (unpaired) electrons. The van der Waals surface area contributed by atoms with Gasteiger partial charge in [-0.15, -0.1) is 0 Å². The lowest BCUT2D eigenvalue weighted by Gasteiger charge is -2.46. The maximum Gasteiger partial charge on any atom is 0.252 e. The molecule has 72 heavy (non-hydrogen) atoms. The highest BCUT2D eigenvalue weighted by Gasteiger charge is 2.45. The predicted octanol–water partition coefficient (Wildman–Crippen LogP) is 17.0. The minimum Gasteiger partial charge on any atom is -0.456 e. The van der Waals surface area contributed by atoms with E-state index in [1.54, 1.807) is 0 Å². The van der Waals surface area contributed by atoms with Crippen LogP contribution in [-0.2, 0) is 11.8 Å². The number of para-hydroxylation sites is 2. The maximum atomic E-state index is 6.80. The van der Waals surface area contributed by atoms with Gasteiger partial charge >= 0.3 is 0 Å². The Morgan fingerprint density at radius 2 is 0.931 bits per heavy atom. The van der Waals surface area contributed by atoms with Crippen molar-refractivity contribution in [3.8, 4) is 44.5 Å². The van der Waals surface area contributed by atoms with Crippen molar-refractivity contribution >= 4 is 79.2 Å². The third-order valence-electron chi connectivity index (χ3n) is 15.2. The van der Waals surface area contributed by atoms with Gasteiger partial charge in [-0.2, -0.15) is 0 Å². The molecule has 4 heteroatoms. The van der Waals surface area contributed by atoms with Crippen molar-refractivity contribution < 1.29 is 4.42 Å². The number of rotatable bonds is 9. The summed E-state index contributed by atoms with van der Waals surface area (Å²) in [6, 6.07) is 83.4. The molecule has 0 unspecified atom stereocenters. The molecule has 2 aliphatic rings. The van der Waals surface area contributed by atoms with Gasteiger partial charge < -0.3 is 14.2 Å². The van der Waals surface area contributed by atoms with Crippen LogP contribution in [0.2, 0.25) is 0 Å². The standard InChI is InChI=1S/C68H55BN2O/c1-5-6-22-51-39-56-55-31-19-20-34-64(55)72-65(56)44-61(51)70-59-37-35-49(45-23-11-7-12-24-45)40-57(59)69-58-41-50(46-25-13-8-14-26-46)36-38-60(58)71(63-43-52(68(2,3)4)42-62(70)66(63)69)67-53(47-27-15-9-16-28-47)32-21-33-54(67)48-29-17-10-18-30-48/h7-21,23-44H,5-6,22H2,1-4H3. The molecule has 0 atom stereocenters. The molecule has 3 heterocycles. The van der Waals surface area contributed by atoms with Crippen molar-refractivity contribution in [1.82, 2.24) is 0 Å². The Kier molecular flexibility index (Phi) is 10.6. The first-order chi connectivity index (χ1) is 35.3. The van der Waals surface area contributed by atoms with E-state index >= 15 is 0 Å². The fourth-order valence-corrected chi connectivity index (χ4v) is 11.6. The summed E-state index contributed by atoms with van der Waals surface area (Å²) in [5, 5.41) is 2.32. The topological polar surface area (TPSA) is 19.6 Å². The Morgan fingerprint density at radius 3 is 1.49 bits per heavy atom. The predicted molar refractivity (Wildman–Crippen MR) is 307 cm³/mol. The van der Waals surface area contributed by atoms with Crippen LogP contribution in [0.25, 0.3) is 66.4 Å². The lowest BCUT2D eigenvalue weighted by molar-refractivity contribution is 0.590. The molecule has 0 bridgehead atoms. The van der Waals surface area contributed by atoms with Gasteiger partial charge in [0.15, 0.2) is 0 Å². The number of furan rings is 1. The van der Waals surface area contributed by atoms with E-state index in [0.29, 0.717) is 0 Å². The second-order valence-electron chi connectivity index (χ2n) is 20.7. The molecule has 346 valence electrons. The number of benzene rings is 10. The second-order valence-corrected chi connectivity index (χ2v) is 20.7. The van der Waals surface area contributed by atoms with E-state index in [1.807, 2.05) is 0 Å². The van der Waals surface area contributed by atoms with Gasteiger partial charge in [-0.1, -0.05) is 216 Å². The number of hydrogen-bond acceptors (Lipinski definition) is 3. The van der Waals surface area contributed by atoms with Gasteiger partial charge in [0.1, 0.15) is 11.2 Å². The van der Waals surface area contributed by atoms with Crippen molar-refractivity contribution in [2.24, 2.45) is 0 Å². The first-order valence-corrected chi connectivity index (χ1v) is 25.7. The van der Waals surface area contributed by atoms with E-state index in [2.05, 4.69) is 262 Å². The van der Waals surface area contributed by atoms with E-state index < -0.39 is 0 Å². The first kappa shape index (κ1) is 43.7. The number of aryl methyl sites for hydroxylation is 1. The number of anilines is 6. The third-order valence-corrected chi connectivity index (χ3v) is 15.2. The number of unbranched alkanes of at least 4 members (excludes halogenated alkanes) is 1. The minimum absolute atomic E-state index is 0.105. The van der Waals surface area contributed by atoms with Crippen LogP contribution < -0.4 is 26.2 Å². The van der Waals surface area contributed by atoms with Crippen molar-refractivity contribution in [2.45, 2.75) is 52.4 Å². The fraction of sp³-hybridized carbons (Fsp3) is 0.118. The van der Waals surface area contributed by atoms with Crippen molar-refractivity contribution in [3.63, 3.8) is 0 Å². The summed E-state index contributed by atoms with van der Waals surface area (Å²) < 4.78 is 6.80. The average Bonchev–Trinajstić information content (AvgIpc) is 3.80. The summed E-state index contributed by atoms with van der Waals surface area (Å²) in [4.78, 5) is 5.27. The van der Waals surface area contributed by atoms with Gasteiger partial charge in [0.25, 0.3) is 6.71 Å². The molecule has 0 spiro atoms. The molecular formula is C68H55BN2O. The number of fused-ring (bicyclic) bond motifs is 7. The smallest absolute Gasteiger partial charge is 0.252 e.